The quantitative estimate of drug-likeness (QED) is 0.783. The molecule has 9 heteroatoms. The van der Waals surface area contributed by atoms with Crippen molar-refractivity contribution >= 4 is 21.9 Å². The molecule has 0 bridgehead atoms. The number of carbonyl (C=O) groups is 2. The molecule has 1 heterocycles. The van der Waals surface area contributed by atoms with Crippen LogP contribution >= 0.6 is 0 Å². The van der Waals surface area contributed by atoms with Gasteiger partial charge in [-0.15, -0.1) is 0 Å². The number of ether oxygens (including phenoxy) is 1. The average Bonchev–Trinajstić information content (AvgIpc) is 2.62. The van der Waals surface area contributed by atoms with E-state index in [1.807, 2.05) is 0 Å². The van der Waals surface area contributed by atoms with Crippen molar-refractivity contribution < 1.29 is 27.9 Å². The van der Waals surface area contributed by atoms with Crippen LogP contribution in [0.3, 0.4) is 0 Å². The fraction of sp³-hybridized carbons (Fsp3) is 0.529. The zero-order valence-corrected chi connectivity index (χ0v) is 16.0. The van der Waals surface area contributed by atoms with Crippen molar-refractivity contribution in [2.24, 2.45) is 0 Å². The van der Waals surface area contributed by atoms with Gasteiger partial charge >= 0.3 is 5.97 Å². The Morgan fingerprint density at radius 3 is 2.54 bits per heavy atom. The van der Waals surface area contributed by atoms with E-state index in [1.165, 1.54) is 21.3 Å². The molecule has 0 saturated carbocycles. The van der Waals surface area contributed by atoms with Gasteiger partial charge < -0.3 is 14.7 Å². The third-order valence-corrected chi connectivity index (χ3v) is 6.46. The van der Waals surface area contributed by atoms with E-state index in [-0.39, 0.29) is 30.2 Å². The monoisotopic (exact) mass is 384 g/mol. The van der Waals surface area contributed by atoms with Gasteiger partial charge in [0.1, 0.15) is 0 Å². The highest BCUT2D eigenvalue weighted by atomic mass is 32.2. The summed E-state index contributed by atoms with van der Waals surface area (Å²) in [6.45, 7) is 6.20. The predicted octanol–water partition coefficient (Wildman–Crippen LogP) is 0.951. The highest BCUT2D eigenvalue weighted by Gasteiger charge is 2.31. The van der Waals surface area contributed by atoms with E-state index in [0.717, 1.165) is 0 Å². The molecule has 26 heavy (non-hydrogen) atoms. The zero-order chi connectivity index (χ0) is 19.5. The Balaban J connectivity index is 2.35. The van der Waals surface area contributed by atoms with E-state index >= 15 is 0 Å². The number of sulfonamides is 1. The van der Waals surface area contributed by atoms with Crippen LogP contribution in [0.2, 0.25) is 0 Å². The number of aliphatic carboxylic acids is 1. The Labute approximate surface area is 153 Å². The van der Waals surface area contributed by atoms with Gasteiger partial charge in [-0.2, -0.15) is 4.31 Å². The van der Waals surface area contributed by atoms with Gasteiger partial charge in [-0.1, -0.05) is 19.9 Å². The number of carbonyl (C=O) groups excluding carboxylic acids is 1. The molecule has 144 valence electrons. The molecule has 1 fully saturated rings. The van der Waals surface area contributed by atoms with E-state index < -0.39 is 28.0 Å². The van der Waals surface area contributed by atoms with Crippen LogP contribution in [0, 0.1) is 6.92 Å². The number of benzene rings is 1. The van der Waals surface area contributed by atoms with Crippen molar-refractivity contribution in [3.8, 4) is 0 Å². The van der Waals surface area contributed by atoms with Crippen molar-refractivity contribution in [2.75, 3.05) is 32.8 Å². The second kappa shape index (κ2) is 8.15. The van der Waals surface area contributed by atoms with Crippen LogP contribution in [-0.4, -0.2) is 73.5 Å². The van der Waals surface area contributed by atoms with E-state index in [0.29, 0.717) is 18.7 Å². The van der Waals surface area contributed by atoms with Gasteiger partial charge in [0.15, 0.2) is 6.10 Å². The van der Waals surface area contributed by atoms with Crippen LogP contribution in [0.25, 0.3) is 0 Å². The summed E-state index contributed by atoms with van der Waals surface area (Å²) in [6, 6.07) is 4.45. The second-order valence-corrected chi connectivity index (χ2v) is 7.95. The zero-order valence-electron chi connectivity index (χ0n) is 15.1. The molecule has 1 saturated heterocycles. The molecule has 0 radical (unpaired) electrons. The lowest BCUT2D eigenvalue weighted by Gasteiger charge is -2.31. The minimum atomic E-state index is -3.69. The van der Waals surface area contributed by atoms with Crippen molar-refractivity contribution in [3.05, 3.63) is 29.3 Å². The maximum atomic E-state index is 12.8. The number of aryl methyl sites for hydroxylation is 1. The summed E-state index contributed by atoms with van der Waals surface area (Å²) in [5, 5.41) is 9.08. The number of rotatable bonds is 6. The standard InChI is InChI=1S/C17H24N2O6S/c1-4-19(5-2)26(23,24)13-7-6-12(3)14(10-13)16(20)18-8-9-25-15(11-18)17(21)22/h6-7,10,15H,4-5,8-9,11H2,1-3H3,(H,21,22). The molecule has 0 aliphatic carbocycles. The number of morpholine rings is 1. The molecule has 1 amide bonds. The Kier molecular flexibility index (Phi) is 6.38. The molecule has 1 aliphatic heterocycles. The topological polar surface area (TPSA) is 104 Å². The van der Waals surface area contributed by atoms with Crippen molar-refractivity contribution in [1.29, 1.82) is 0 Å². The molecule has 0 aromatic heterocycles. The summed E-state index contributed by atoms with van der Waals surface area (Å²) in [5.41, 5.74) is 0.885. The summed E-state index contributed by atoms with van der Waals surface area (Å²) in [7, 11) is -3.69. The number of amides is 1. The van der Waals surface area contributed by atoms with Crippen molar-refractivity contribution in [2.45, 2.75) is 31.8 Å². The summed E-state index contributed by atoms with van der Waals surface area (Å²) in [6.07, 6.45) is -1.07. The van der Waals surface area contributed by atoms with E-state index in [2.05, 4.69) is 0 Å². The SMILES string of the molecule is CCN(CC)S(=O)(=O)c1ccc(C)c(C(=O)N2CCOC(C(=O)O)C2)c1. The van der Waals surface area contributed by atoms with E-state index in [1.54, 1.807) is 26.8 Å². The van der Waals surface area contributed by atoms with Crippen LogP contribution in [0.5, 0.6) is 0 Å². The molecule has 8 nitrogen and oxygen atoms in total. The third kappa shape index (κ3) is 4.05. The molecular formula is C17H24N2O6S. The highest BCUT2D eigenvalue weighted by molar-refractivity contribution is 7.89. The molecule has 1 aromatic rings. The van der Waals surface area contributed by atoms with E-state index in [4.69, 9.17) is 9.84 Å². The Morgan fingerprint density at radius 1 is 1.31 bits per heavy atom. The molecule has 1 atom stereocenters. The molecular weight excluding hydrogens is 360 g/mol. The van der Waals surface area contributed by atoms with Crippen LogP contribution in [0.1, 0.15) is 29.8 Å². The second-order valence-electron chi connectivity index (χ2n) is 6.01. The maximum Gasteiger partial charge on any atom is 0.334 e. The molecule has 0 spiro atoms. The third-order valence-electron chi connectivity index (χ3n) is 4.41. The number of hydrogen-bond acceptors (Lipinski definition) is 5. The highest BCUT2D eigenvalue weighted by Crippen LogP contribution is 2.21. The largest absolute Gasteiger partial charge is 0.479 e. The Hall–Kier alpha value is -1.97. The molecule has 2 rings (SSSR count). The van der Waals surface area contributed by atoms with Gasteiger partial charge in [0, 0.05) is 25.2 Å². The van der Waals surface area contributed by atoms with Crippen LogP contribution < -0.4 is 0 Å². The smallest absolute Gasteiger partial charge is 0.334 e. The number of hydrogen-bond donors (Lipinski definition) is 1. The summed E-state index contributed by atoms with van der Waals surface area (Å²) in [4.78, 5) is 25.4. The summed E-state index contributed by atoms with van der Waals surface area (Å²) < 4.78 is 31.9. The van der Waals surface area contributed by atoms with Crippen LogP contribution in [0.4, 0.5) is 0 Å². The molecule has 1 aliphatic rings. The number of nitrogens with zero attached hydrogens (tertiary/aromatic N) is 2. The van der Waals surface area contributed by atoms with Gasteiger partial charge in [-0.25, -0.2) is 13.2 Å². The van der Waals surface area contributed by atoms with Gasteiger partial charge in [-0.05, 0) is 24.6 Å². The number of carboxylic acid groups (broad SMARTS) is 1. The minimum Gasteiger partial charge on any atom is -0.479 e. The minimum absolute atomic E-state index is 0.0539. The van der Waals surface area contributed by atoms with Gasteiger partial charge in [-0.3, -0.25) is 4.79 Å². The van der Waals surface area contributed by atoms with Gasteiger partial charge in [0.25, 0.3) is 5.91 Å². The fourth-order valence-electron chi connectivity index (χ4n) is 2.86. The molecule has 1 N–H and O–H groups in total. The first-order valence-electron chi connectivity index (χ1n) is 8.46. The summed E-state index contributed by atoms with van der Waals surface area (Å²) >= 11 is 0. The summed E-state index contributed by atoms with van der Waals surface area (Å²) in [5.74, 6) is -1.52. The van der Waals surface area contributed by atoms with Crippen LogP contribution in [-0.2, 0) is 19.6 Å². The first kappa shape index (κ1) is 20.3. The normalized spacial score (nSPS) is 18.2. The fourth-order valence-corrected chi connectivity index (χ4v) is 4.34. The molecule has 1 unspecified atom stereocenters. The van der Waals surface area contributed by atoms with Gasteiger partial charge in [0.2, 0.25) is 10.0 Å². The van der Waals surface area contributed by atoms with E-state index in [9.17, 15) is 18.0 Å². The van der Waals surface area contributed by atoms with Crippen molar-refractivity contribution in [1.82, 2.24) is 9.21 Å². The number of carboxylic acids is 1. The Morgan fingerprint density at radius 2 is 1.96 bits per heavy atom. The predicted molar refractivity (Wildman–Crippen MR) is 94.6 cm³/mol. The lowest BCUT2D eigenvalue weighted by molar-refractivity contribution is -0.154. The average molecular weight is 384 g/mol. The Bertz CT molecular complexity index is 788. The maximum absolute atomic E-state index is 12.8. The lowest BCUT2D eigenvalue weighted by atomic mass is 10.1. The van der Waals surface area contributed by atoms with Crippen LogP contribution in [0.15, 0.2) is 23.1 Å². The molecule has 1 aromatic carbocycles. The first-order valence-corrected chi connectivity index (χ1v) is 9.90. The van der Waals surface area contributed by atoms with Crippen molar-refractivity contribution in [3.63, 3.8) is 0 Å². The van der Waals surface area contributed by atoms with Gasteiger partial charge in [0.05, 0.1) is 18.0 Å². The first-order chi connectivity index (χ1) is 12.2. The lowest BCUT2D eigenvalue weighted by Crippen LogP contribution is -2.48.